The quantitative estimate of drug-likeness (QED) is 0.0317. The summed E-state index contributed by atoms with van der Waals surface area (Å²) in [6.45, 7) is 6.19. The van der Waals surface area contributed by atoms with E-state index in [0.717, 1.165) is 13.8 Å². The van der Waals surface area contributed by atoms with Gasteiger partial charge in [0, 0.05) is 25.7 Å². The molecule has 0 saturated heterocycles. The molecule has 17 N–H and O–H groups in total. The third kappa shape index (κ3) is 24.4. The van der Waals surface area contributed by atoms with Crippen LogP contribution in [0.5, 0.6) is 0 Å². The lowest BCUT2D eigenvalue weighted by molar-refractivity contribution is -0.142. The molecule has 2 aromatic carbocycles. The summed E-state index contributed by atoms with van der Waals surface area (Å²) in [6, 6.07) is 2.84. The van der Waals surface area contributed by atoms with Crippen molar-refractivity contribution < 1.29 is 82.8 Å². The third-order valence-corrected chi connectivity index (χ3v) is 11.5. The van der Waals surface area contributed by atoms with Crippen LogP contribution in [-0.4, -0.2) is 164 Å². The number of hydrogen-bond acceptors (Lipinski definition) is 15. The minimum atomic E-state index is -1.89. The molecule has 0 spiro atoms. The molecule has 10 amide bonds. The fourth-order valence-electron chi connectivity index (χ4n) is 7.25. The second-order valence-corrected chi connectivity index (χ2v) is 18.8. The number of amides is 10. The SMILES string of the molecule is CC(C)C[C@H](NC(=O)CNC(=O)[C@H](C)NC(=O)[C@H](CC(=O)O)NC(=O)[C@H](Cc1ccccc1)NC(=O)[C@@H](NC(=O)[C@@H](N)CCC(=O)O)[C@@H](C)O)C(=O)N[C@@H](CCC(N)=O)C(=O)N[C@@H](C)C(=O)N[C@@H](Cc1ccccc1)C(=O)O. The predicted octanol–water partition coefficient (Wildman–Crippen LogP) is -4.05. The lowest BCUT2D eigenvalue weighted by Gasteiger charge is -2.27. The molecule has 10 atom stereocenters. The van der Waals surface area contributed by atoms with Crippen LogP contribution in [0.3, 0.4) is 0 Å². The van der Waals surface area contributed by atoms with Crippen molar-refractivity contribution in [3.8, 4) is 0 Å². The molecule has 0 aliphatic heterocycles. The van der Waals surface area contributed by atoms with E-state index >= 15 is 0 Å². The number of carboxylic acids is 3. The van der Waals surface area contributed by atoms with Gasteiger partial charge in [0.05, 0.1) is 25.1 Å². The summed E-state index contributed by atoms with van der Waals surface area (Å²) in [7, 11) is 0. The van der Waals surface area contributed by atoms with Gasteiger partial charge in [-0.2, -0.15) is 0 Å². The number of hydrogen-bond donors (Lipinski definition) is 15. The molecule has 428 valence electrons. The van der Waals surface area contributed by atoms with E-state index in [2.05, 4.69) is 47.9 Å². The van der Waals surface area contributed by atoms with Crippen molar-refractivity contribution in [2.75, 3.05) is 6.54 Å². The Morgan fingerprint density at radius 3 is 1.46 bits per heavy atom. The van der Waals surface area contributed by atoms with Crippen molar-refractivity contribution in [3.63, 3.8) is 0 Å². The Morgan fingerprint density at radius 1 is 0.487 bits per heavy atom. The third-order valence-electron chi connectivity index (χ3n) is 11.5. The van der Waals surface area contributed by atoms with Gasteiger partial charge in [-0.3, -0.25) is 57.5 Å². The zero-order valence-electron chi connectivity index (χ0n) is 43.7. The Morgan fingerprint density at radius 2 is 0.962 bits per heavy atom. The van der Waals surface area contributed by atoms with Gasteiger partial charge in [0.25, 0.3) is 0 Å². The summed E-state index contributed by atoms with van der Waals surface area (Å²) in [5.74, 6) is -14.3. The lowest BCUT2D eigenvalue weighted by atomic mass is 10.0. The van der Waals surface area contributed by atoms with Crippen LogP contribution in [-0.2, 0) is 75.2 Å². The highest BCUT2D eigenvalue weighted by Crippen LogP contribution is 2.10. The summed E-state index contributed by atoms with van der Waals surface area (Å²) in [5, 5.41) is 59.7. The standard InChI is InChI=1S/C50H71N11O17/c1-25(2)20-33(47(74)57-32(17-18-37(52)63)45(72)55-27(4)43(70)60-36(50(77)78)22-30-14-10-7-11-15-30)56-38(64)24-53-42(69)26(3)54-46(73)35(23-40(67)68)58-48(75)34(21-29-12-8-6-9-13-29)59-49(76)41(28(5)62)61-44(71)31(51)16-19-39(65)66/h6-15,25-28,31-36,41,62H,16-24,51H2,1-5H3,(H2,52,63)(H,53,69)(H,54,73)(H,55,72)(H,56,64)(H,57,74)(H,58,75)(H,59,76)(H,60,70)(H,61,71)(H,65,66)(H,67,68)(H,77,78)/t26-,27-,28+,31-,32-,33-,34-,35-,36-,41-/m0/s1. The maximum atomic E-state index is 13.8. The van der Waals surface area contributed by atoms with E-state index in [-0.39, 0.29) is 38.0 Å². The monoisotopic (exact) mass is 1100 g/mol. The van der Waals surface area contributed by atoms with Crippen LogP contribution in [0.2, 0.25) is 0 Å². The van der Waals surface area contributed by atoms with Crippen LogP contribution in [0.1, 0.15) is 84.3 Å². The van der Waals surface area contributed by atoms with E-state index < -0.39 is 163 Å². The summed E-state index contributed by atoms with van der Waals surface area (Å²) < 4.78 is 0. The fourth-order valence-corrected chi connectivity index (χ4v) is 7.25. The smallest absolute Gasteiger partial charge is 0.326 e. The topological polar surface area (TPSA) is 463 Å². The van der Waals surface area contributed by atoms with E-state index in [1.807, 2.05) is 0 Å². The van der Waals surface area contributed by atoms with E-state index in [9.17, 15) is 77.6 Å². The lowest BCUT2D eigenvalue weighted by Crippen LogP contribution is -2.61. The first-order valence-corrected chi connectivity index (χ1v) is 24.7. The van der Waals surface area contributed by atoms with Crippen molar-refractivity contribution in [3.05, 3.63) is 71.8 Å². The first kappa shape index (κ1) is 65.6. The number of aliphatic hydroxyl groups is 1. The molecule has 28 heteroatoms. The second-order valence-electron chi connectivity index (χ2n) is 18.8. The Kier molecular flexibility index (Phi) is 27.6. The Balaban J connectivity index is 2.17. The van der Waals surface area contributed by atoms with Gasteiger partial charge in [0.15, 0.2) is 0 Å². The van der Waals surface area contributed by atoms with Crippen LogP contribution in [0.25, 0.3) is 0 Å². The minimum Gasteiger partial charge on any atom is -0.481 e. The minimum absolute atomic E-state index is 0.0197. The highest BCUT2D eigenvalue weighted by molar-refractivity contribution is 5.99. The zero-order chi connectivity index (χ0) is 58.8. The Labute approximate surface area is 448 Å². The predicted molar refractivity (Wildman–Crippen MR) is 274 cm³/mol. The molecular weight excluding hydrogens is 1030 g/mol. The largest absolute Gasteiger partial charge is 0.481 e. The van der Waals surface area contributed by atoms with Crippen LogP contribution >= 0.6 is 0 Å². The zero-order valence-corrected chi connectivity index (χ0v) is 43.7. The van der Waals surface area contributed by atoms with Crippen molar-refractivity contribution >= 4 is 77.0 Å². The number of nitrogens with one attached hydrogen (secondary N) is 9. The van der Waals surface area contributed by atoms with E-state index in [1.165, 1.54) is 6.92 Å². The molecule has 0 unspecified atom stereocenters. The van der Waals surface area contributed by atoms with Gasteiger partial charge >= 0.3 is 17.9 Å². The number of nitrogens with two attached hydrogens (primary N) is 2. The van der Waals surface area contributed by atoms with Gasteiger partial charge in [-0.05, 0) is 57.1 Å². The van der Waals surface area contributed by atoms with Crippen molar-refractivity contribution in [1.82, 2.24) is 47.9 Å². The molecular formula is C50H71N11O17. The molecule has 0 radical (unpaired) electrons. The number of carbonyl (C=O) groups is 13. The number of primary amides is 1. The van der Waals surface area contributed by atoms with Gasteiger partial charge in [-0.1, -0.05) is 74.5 Å². The van der Waals surface area contributed by atoms with Crippen LogP contribution in [0.4, 0.5) is 0 Å². The summed E-state index contributed by atoms with van der Waals surface area (Å²) >= 11 is 0. The average molecular weight is 1100 g/mol. The summed E-state index contributed by atoms with van der Waals surface area (Å²) in [4.78, 5) is 167. The Hall–Kier alpha value is -8.53. The number of aliphatic carboxylic acids is 3. The van der Waals surface area contributed by atoms with Crippen LogP contribution in [0, 0.1) is 5.92 Å². The van der Waals surface area contributed by atoms with E-state index in [0.29, 0.717) is 11.1 Å². The molecule has 78 heavy (non-hydrogen) atoms. The molecule has 2 rings (SSSR count). The van der Waals surface area contributed by atoms with Gasteiger partial charge in [-0.25, -0.2) is 4.79 Å². The first-order chi connectivity index (χ1) is 36.6. The Bertz CT molecular complexity index is 2440. The fraction of sp³-hybridized carbons (Fsp3) is 0.500. The van der Waals surface area contributed by atoms with Crippen LogP contribution in [0.15, 0.2) is 60.7 Å². The summed E-state index contributed by atoms with van der Waals surface area (Å²) in [6.07, 6.45) is -4.52. The maximum absolute atomic E-state index is 13.8. The number of carbonyl (C=O) groups excluding carboxylic acids is 10. The van der Waals surface area contributed by atoms with Crippen molar-refractivity contribution in [2.45, 2.75) is 146 Å². The van der Waals surface area contributed by atoms with Gasteiger partial charge in [0.2, 0.25) is 59.1 Å². The number of rotatable bonds is 34. The second kappa shape index (κ2) is 32.8. The van der Waals surface area contributed by atoms with E-state index in [1.54, 1.807) is 74.5 Å². The molecule has 0 fully saturated rings. The highest BCUT2D eigenvalue weighted by Gasteiger charge is 2.35. The van der Waals surface area contributed by atoms with Gasteiger partial charge in [0.1, 0.15) is 48.3 Å². The van der Waals surface area contributed by atoms with Gasteiger partial charge in [-0.15, -0.1) is 0 Å². The number of benzene rings is 2. The molecule has 28 nitrogen and oxygen atoms in total. The van der Waals surface area contributed by atoms with Gasteiger partial charge < -0.3 is 79.7 Å². The van der Waals surface area contributed by atoms with Crippen molar-refractivity contribution in [2.24, 2.45) is 17.4 Å². The highest BCUT2D eigenvalue weighted by atomic mass is 16.4. The van der Waals surface area contributed by atoms with Crippen molar-refractivity contribution in [1.29, 1.82) is 0 Å². The average Bonchev–Trinajstić information content (AvgIpc) is 3.36. The normalized spacial score (nSPS) is 14.8. The first-order valence-electron chi connectivity index (χ1n) is 24.7. The molecule has 0 aliphatic carbocycles. The summed E-state index contributed by atoms with van der Waals surface area (Å²) in [5.41, 5.74) is 12.1. The maximum Gasteiger partial charge on any atom is 0.326 e. The van der Waals surface area contributed by atoms with E-state index in [4.69, 9.17) is 16.6 Å². The number of carboxylic acid groups (broad SMARTS) is 3. The molecule has 0 heterocycles. The number of aliphatic hydroxyl groups excluding tert-OH is 1. The van der Waals surface area contributed by atoms with Crippen LogP contribution < -0.4 is 59.3 Å². The molecule has 0 aliphatic rings. The molecule has 0 bridgehead atoms. The molecule has 2 aromatic rings. The molecule has 0 saturated carbocycles. The molecule has 0 aromatic heterocycles.